The van der Waals surface area contributed by atoms with E-state index in [-0.39, 0.29) is 17.9 Å². The lowest BCUT2D eigenvalue weighted by Crippen LogP contribution is -2.12. The molecule has 0 saturated heterocycles. The van der Waals surface area contributed by atoms with Gasteiger partial charge in [0.15, 0.2) is 0 Å². The van der Waals surface area contributed by atoms with Crippen molar-refractivity contribution in [1.29, 1.82) is 0 Å². The number of benzene rings is 1. The Bertz CT molecular complexity index is 592. The standard InChI is InChI=1S/C16H20N2O2/c1-16(2,3)13-7-5-12(6-8-13)15-17-9-10-18(15)11-14(19)20-4/h5-10H,11H2,1-4H3. The lowest BCUT2D eigenvalue weighted by Gasteiger charge is -2.19. The van der Waals surface area contributed by atoms with E-state index in [9.17, 15) is 4.79 Å². The number of imidazole rings is 1. The zero-order valence-corrected chi connectivity index (χ0v) is 12.4. The molecule has 0 saturated carbocycles. The van der Waals surface area contributed by atoms with Gasteiger partial charge >= 0.3 is 5.97 Å². The smallest absolute Gasteiger partial charge is 0.325 e. The number of ether oxygens (including phenoxy) is 1. The number of esters is 1. The lowest BCUT2D eigenvalue weighted by atomic mass is 9.87. The number of aromatic nitrogens is 2. The third kappa shape index (κ3) is 3.07. The quantitative estimate of drug-likeness (QED) is 0.807. The van der Waals surface area contributed by atoms with E-state index in [1.807, 2.05) is 12.1 Å². The maximum absolute atomic E-state index is 11.4. The maximum atomic E-state index is 11.4. The Hall–Kier alpha value is -2.10. The average molecular weight is 272 g/mol. The summed E-state index contributed by atoms with van der Waals surface area (Å²) in [7, 11) is 1.39. The molecule has 0 radical (unpaired) electrons. The third-order valence-corrected chi connectivity index (χ3v) is 3.25. The molecule has 0 aliphatic carbocycles. The van der Waals surface area contributed by atoms with Crippen LogP contribution in [0.3, 0.4) is 0 Å². The highest BCUT2D eigenvalue weighted by molar-refractivity contribution is 5.70. The summed E-state index contributed by atoms with van der Waals surface area (Å²) in [5.74, 6) is 0.492. The average Bonchev–Trinajstić information content (AvgIpc) is 2.86. The van der Waals surface area contributed by atoms with Gasteiger partial charge in [0.1, 0.15) is 12.4 Å². The van der Waals surface area contributed by atoms with Crippen LogP contribution in [-0.2, 0) is 21.5 Å². The first-order valence-electron chi connectivity index (χ1n) is 6.60. The number of rotatable bonds is 3. The van der Waals surface area contributed by atoms with Crippen molar-refractivity contribution in [3.8, 4) is 11.4 Å². The van der Waals surface area contributed by atoms with Crippen LogP contribution in [0.2, 0.25) is 0 Å². The maximum Gasteiger partial charge on any atom is 0.325 e. The van der Waals surface area contributed by atoms with Gasteiger partial charge in [0.2, 0.25) is 0 Å². The molecule has 1 aromatic carbocycles. The highest BCUT2D eigenvalue weighted by atomic mass is 16.5. The molecule has 0 spiro atoms. The summed E-state index contributed by atoms with van der Waals surface area (Å²) in [5, 5.41) is 0. The molecule has 106 valence electrons. The first-order valence-corrected chi connectivity index (χ1v) is 6.60. The van der Waals surface area contributed by atoms with Gasteiger partial charge in [-0.1, -0.05) is 45.0 Å². The molecule has 0 unspecified atom stereocenters. The molecule has 1 aromatic heterocycles. The van der Waals surface area contributed by atoms with Crippen molar-refractivity contribution >= 4 is 5.97 Å². The van der Waals surface area contributed by atoms with E-state index in [2.05, 4.69) is 37.9 Å². The number of nitrogens with zero attached hydrogens (tertiary/aromatic N) is 2. The first kappa shape index (κ1) is 14.3. The van der Waals surface area contributed by atoms with Crippen LogP contribution in [0.25, 0.3) is 11.4 Å². The predicted octanol–water partition coefficient (Wildman–Crippen LogP) is 3.02. The molecule has 4 nitrogen and oxygen atoms in total. The van der Waals surface area contributed by atoms with E-state index in [0.717, 1.165) is 11.4 Å². The van der Waals surface area contributed by atoms with Crippen LogP contribution in [0, 0.1) is 0 Å². The van der Waals surface area contributed by atoms with Gasteiger partial charge in [-0.15, -0.1) is 0 Å². The summed E-state index contributed by atoms with van der Waals surface area (Å²) in [6.07, 6.45) is 3.47. The first-order chi connectivity index (χ1) is 9.41. The van der Waals surface area contributed by atoms with Gasteiger partial charge in [-0.3, -0.25) is 4.79 Å². The Kier molecular flexibility index (Phi) is 3.93. The fraction of sp³-hybridized carbons (Fsp3) is 0.375. The van der Waals surface area contributed by atoms with E-state index < -0.39 is 0 Å². The van der Waals surface area contributed by atoms with E-state index >= 15 is 0 Å². The summed E-state index contributed by atoms with van der Waals surface area (Å²) in [6, 6.07) is 8.28. The van der Waals surface area contributed by atoms with E-state index in [0.29, 0.717) is 0 Å². The Balaban J connectivity index is 2.29. The Morgan fingerprint density at radius 3 is 2.45 bits per heavy atom. The second-order valence-electron chi connectivity index (χ2n) is 5.78. The largest absolute Gasteiger partial charge is 0.468 e. The van der Waals surface area contributed by atoms with Gasteiger partial charge in [-0.25, -0.2) is 4.98 Å². The van der Waals surface area contributed by atoms with Crippen molar-refractivity contribution in [3.05, 3.63) is 42.2 Å². The van der Waals surface area contributed by atoms with Crippen molar-refractivity contribution in [3.63, 3.8) is 0 Å². The summed E-state index contributed by atoms with van der Waals surface area (Å²) < 4.78 is 6.48. The van der Waals surface area contributed by atoms with Crippen LogP contribution in [0.15, 0.2) is 36.7 Å². The van der Waals surface area contributed by atoms with Gasteiger partial charge in [0.05, 0.1) is 7.11 Å². The van der Waals surface area contributed by atoms with E-state index in [1.165, 1.54) is 12.7 Å². The van der Waals surface area contributed by atoms with Crippen LogP contribution in [0.4, 0.5) is 0 Å². The van der Waals surface area contributed by atoms with Gasteiger partial charge < -0.3 is 9.30 Å². The number of methoxy groups -OCH3 is 1. The fourth-order valence-electron chi connectivity index (χ4n) is 2.02. The molecular formula is C16H20N2O2. The monoisotopic (exact) mass is 272 g/mol. The Morgan fingerprint density at radius 1 is 1.25 bits per heavy atom. The zero-order chi connectivity index (χ0) is 14.8. The summed E-state index contributed by atoms with van der Waals surface area (Å²) >= 11 is 0. The normalized spacial score (nSPS) is 11.4. The molecule has 1 heterocycles. The molecule has 2 aromatic rings. The van der Waals surface area contributed by atoms with Crippen LogP contribution in [0.5, 0.6) is 0 Å². The molecule has 0 fully saturated rings. The highest BCUT2D eigenvalue weighted by Gasteiger charge is 2.14. The van der Waals surface area contributed by atoms with Crippen LogP contribution in [0.1, 0.15) is 26.3 Å². The second kappa shape index (κ2) is 5.49. The minimum Gasteiger partial charge on any atom is -0.468 e. The van der Waals surface area contributed by atoms with E-state index in [4.69, 9.17) is 4.74 Å². The van der Waals surface area contributed by atoms with Gasteiger partial charge in [-0.05, 0) is 11.0 Å². The molecular weight excluding hydrogens is 252 g/mol. The topological polar surface area (TPSA) is 44.1 Å². The molecule has 2 rings (SSSR count). The van der Waals surface area contributed by atoms with Crippen LogP contribution >= 0.6 is 0 Å². The van der Waals surface area contributed by atoms with Gasteiger partial charge in [-0.2, -0.15) is 0 Å². The van der Waals surface area contributed by atoms with Crippen LogP contribution in [-0.4, -0.2) is 22.6 Å². The van der Waals surface area contributed by atoms with Crippen molar-refractivity contribution in [2.75, 3.05) is 7.11 Å². The predicted molar refractivity (Wildman–Crippen MR) is 78.4 cm³/mol. The fourth-order valence-corrected chi connectivity index (χ4v) is 2.02. The van der Waals surface area contributed by atoms with Crippen molar-refractivity contribution in [2.45, 2.75) is 32.7 Å². The minimum atomic E-state index is -0.282. The number of carbonyl (C=O) groups is 1. The number of hydrogen-bond acceptors (Lipinski definition) is 3. The molecule has 4 heteroatoms. The number of hydrogen-bond donors (Lipinski definition) is 0. The molecule has 0 aliphatic rings. The Labute approximate surface area is 119 Å². The second-order valence-corrected chi connectivity index (χ2v) is 5.78. The molecule has 0 aliphatic heterocycles. The Morgan fingerprint density at radius 2 is 1.90 bits per heavy atom. The number of carbonyl (C=O) groups excluding carboxylic acids is 1. The van der Waals surface area contributed by atoms with Gasteiger partial charge in [0, 0.05) is 18.0 Å². The highest BCUT2D eigenvalue weighted by Crippen LogP contribution is 2.25. The molecule has 20 heavy (non-hydrogen) atoms. The minimum absolute atomic E-state index is 0.125. The zero-order valence-electron chi connectivity index (χ0n) is 12.4. The third-order valence-electron chi connectivity index (χ3n) is 3.25. The lowest BCUT2D eigenvalue weighted by molar-refractivity contribution is -0.141. The summed E-state index contributed by atoms with van der Waals surface area (Å²) in [4.78, 5) is 15.7. The molecule has 0 atom stereocenters. The van der Waals surface area contributed by atoms with E-state index in [1.54, 1.807) is 17.0 Å². The molecule has 0 bridgehead atoms. The summed E-state index contributed by atoms with van der Waals surface area (Å²) in [6.45, 7) is 6.72. The molecule has 0 amide bonds. The van der Waals surface area contributed by atoms with Crippen molar-refractivity contribution in [1.82, 2.24) is 9.55 Å². The SMILES string of the molecule is COC(=O)Cn1ccnc1-c1ccc(C(C)(C)C)cc1. The van der Waals surface area contributed by atoms with Crippen molar-refractivity contribution in [2.24, 2.45) is 0 Å². The van der Waals surface area contributed by atoms with Crippen molar-refractivity contribution < 1.29 is 9.53 Å². The molecule has 0 N–H and O–H groups in total. The van der Waals surface area contributed by atoms with Crippen LogP contribution < -0.4 is 0 Å². The summed E-state index contributed by atoms with van der Waals surface area (Å²) in [5.41, 5.74) is 2.39. The van der Waals surface area contributed by atoms with Gasteiger partial charge in [0.25, 0.3) is 0 Å².